The van der Waals surface area contributed by atoms with Gasteiger partial charge in [0.1, 0.15) is 18.1 Å². The molecule has 4 atom stereocenters. The molecule has 13 nitrogen and oxygen atoms in total. The third-order valence-electron chi connectivity index (χ3n) is 5.04. The number of aliphatic hydroxyl groups excluding tert-OH is 1. The molecule has 2 rings (SSSR count). The van der Waals surface area contributed by atoms with Crippen LogP contribution in [0.25, 0.3) is 10.9 Å². The van der Waals surface area contributed by atoms with Crippen molar-refractivity contribution >= 4 is 40.5 Å². The van der Waals surface area contributed by atoms with Crippen molar-refractivity contribution in [2.75, 3.05) is 6.61 Å². The summed E-state index contributed by atoms with van der Waals surface area (Å²) in [6, 6.07) is 2.27. The fourth-order valence-electron chi connectivity index (χ4n) is 3.18. The number of hydrogen-bond acceptors (Lipinski definition) is 7. The highest BCUT2D eigenvalue weighted by Gasteiger charge is 2.29. The van der Waals surface area contributed by atoms with Crippen molar-refractivity contribution in [2.24, 2.45) is 11.5 Å². The van der Waals surface area contributed by atoms with E-state index in [0.29, 0.717) is 0 Å². The fourth-order valence-corrected chi connectivity index (χ4v) is 3.18. The quantitative estimate of drug-likeness (QED) is 0.162. The monoisotopic (exact) mass is 476 g/mol. The molecule has 4 amide bonds. The number of rotatable bonds is 12. The van der Waals surface area contributed by atoms with E-state index in [2.05, 4.69) is 15.6 Å². The topological polar surface area (TPSA) is 230 Å². The standard InChI is InChI=1S/C21H28N6O7/c1-10(18(30)27-16(9-28)20(32)26-15(21(33)34)7-17(23)29)25-19(31)13(22)6-11-8-24-14-5-3-2-4-12(11)14/h2-5,8,10,13,15-16,24,28H,6-7,9,22H2,1H3,(H2,23,29)(H,25,31)(H,26,32)(H,27,30)(H,33,34). The number of carbonyl (C=O) groups excluding carboxylic acids is 4. The molecule has 0 radical (unpaired) electrons. The molecule has 1 aromatic heterocycles. The molecule has 34 heavy (non-hydrogen) atoms. The Bertz CT molecular complexity index is 1070. The van der Waals surface area contributed by atoms with Crippen molar-refractivity contribution < 1.29 is 34.2 Å². The second kappa shape index (κ2) is 11.8. The second-order valence-corrected chi connectivity index (χ2v) is 7.71. The third kappa shape index (κ3) is 7.02. The van der Waals surface area contributed by atoms with Crippen molar-refractivity contribution in [1.82, 2.24) is 20.9 Å². The summed E-state index contributed by atoms with van der Waals surface area (Å²) in [5.41, 5.74) is 12.7. The summed E-state index contributed by atoms with van der Waals surface area (Å²) in [6.07, 6.45) is 1.29. The van der Waals surface area contributed by atoms with Gasteiger partial charge in [-0.1, -0.05) is 18.2 Å². The summed E-state index contributed by atoms with van der Waals surface area (Å²) in [5, 5.41) is 26.1. The number of primary amides is 1. The van der Waals surface area contributed by atoms with E-state index in [1.54, 1.807) is 6.20 Å². The number of nitrogens with one attached hydrogen (secondary N) is 4. The molecule has 4 unspecified atom stereocenters. The van der Waals surface area contributed by atoms with Gasteiger partial charge in [-0.2, -0.15) is 0 Å². The first-order chi connectivity index (χ1) is 16.0. The number of carboxylic acids is 1. The predicted octanol–water partition coefficient (Wildman–Crippen LogP) is -2.54. The van der Waals surface area contributed by atoms with E-state index >= 15 is 0 Å². The van der Waals surface area contributed by atoms with E-state index in [1.807, 2.05) is 29.6 Å². The molecule has 0 spiro atoms. The number of aliphatic carboxylic acids is 1. The number of aromatic nitrogens is 1. The first-order valence-corrected chi connectivity index (χ1v) is 10.4. The molecule has 0 bridgehead atoms. The fraction of sp³-hybridized carbons (Fsp3) is 0.381. The van der Waals surface area contributed by atoms with Gasteiger partial charge < -0.3 is 42.6 Å². The zero-order valence-corrected chi connectivity index (χ0v) is 18.4. The largest absolute Gasteiger partial charge is 0.480 e. The van der Waals surface area contributed by atoms with Gasteiger partial charge in [0.05, 0.1) is 19.1 Å². The van der Waals surface area contributed by atoms with Crippen LogP contribution < -0.4 is 27.4 Å². The van der Waals surface area contributed by atoms with Crippen LogP contribution in [0.15, 0.2) is 30.5 Å². The summed E-state index contributed by atoms with van der Waals surface area (Å²) >= 11 is 0. The number of H-pyrrole nitrogens is 1. The lowest BCUT2D eigenvalue weighted by molar-refractivity contribution is -0.144. The van der Waals surface area contributed by atoms with E-state index in [4.69, 9.17) is 16.6 Å². The highest BCUT2D eigenvalue weighted by atomic mass is 16.4. The number of nitrogens with two attached hydrogens (primary N) is 2. The zero-order valence-electron chi connectivity index (χ0n) is 18.4. The van der Waals surface area contributed by atoms with Crippen LogP contribution in [0.5, 0.6) is 0 Å². The molecule has 0 aliphatic carbocycles. The zero-order chi connectivity index (χ0) is 25.4. The van der Waals surface area contributed by atoms with Crippen LogP contribution in [-0.4, -0.2) is 75.6 Å². The minimum atomic E-state index is -1.63. The molecular weight excluding hydrogens is 448 g/mol. The highest BCUT2D eigenvalue weighted by molar-refractivity contribution is 5.95. The minimum Gasteiger partial charge on any atom is -0.480 e. The van der Waals surface area contributed by atoms with Gasteiger partial charge >= 0.3 is 5.97 Å². The molecule has 1 heterocycles. The first-order valence-electron chi connectivity index (χ1n) is 10.4. The highest BCUT2D eigenvalue weighted by Crippen LogP contribution is 2.18. The average Bonchev–Trinajstić information content (AvgIpc) is 3.18. The van der Waals surface area contributed by atoms with E-state index in [9.17, 15) is 29.1 Å². The maximum atomic E-state index is 12.5. The van der Waals surface area contributed by atoms with Crippen LogP contribution in [0.1, 0.15) is 18.9 Å². The van der Waals surface area contributed by atoms with Gasteiger partial charge in [0.15, 0.2) is 0 Å². The molecule has 1 aromatic carbocycles. The lowest BCUT2D eigenvalue weighted by atomic mass is 10.0. The lowest BCUT2D eigenvalue weighted by Crippen LogP contribution is -2.57. The number of para-hydroxylation sites is 1. The maximum absolute atomic E-state index is 12.5. The summed E-state index contributed by atoms with van der Waals surface area (Å²) < 4.78 is 0. The van der Waals surface area contributed by atoms with Crippen LogP contribution in [0.3, 0.4) is 0 Å². The number of aliphatic hydroxyl groups is 1. The molecule has 0 fully saturated rings. The Labute approximate surface area is 194 Å². The predicted molar refractivity (Wildman–Crippen MR) is 120 cm³/mol. The first kappa shape index (κ1) is 26.3. The Balaban J connectivity index is 1.92. The summed E-state index contributed by atoms with van der Waals surface area (Å²) in [6.45, 7) is 0.492. The molecule has 0 aliphatic heterocycles. The average molecular weight is 476 g/mol. The van der Waals surface area contributed by atoms with Gasteiger partial charge in [0, 0.05) is 17.1 Å². The van der Waals surface area contributed by atoms with Crippen LogP contribution in [-0.2, 0) is 30.4 Å². The summed E-state index contributed by atoms with van der Waals surface area (Å²) in [5.74, 6) is -4.94. The van der Waals surface area contributed by atoms with Crippen LogP contribution in [0.2, 0.25) is 0 Å². The number of carbonyl (C=O) groups is 5. The van der Waals surface area contributed by atoms with Gasteiger partial charge in [-0.15, -0.1) is 0 Å². The molecule has 0 saturated heterocycles. The number of fused-ring (bicyclic) bond motifs is 1. The minimum absolute atomic E-state index is 0.211. The molecule has 13 heteroatoms. The number of benzene rings is 1. The normalized spacial score (nSPS) is 14.4. The van der Waals surface area contributed by atoms with E-state index in [1.165, 1.54) is 6.92 Å². The Morgan fingerprint density at radius 3 is 2.26 bits per heavy atom. The molecule has 184 valence electrons. The smallest absolute Gasteiger partial charge is 0.326 e. The molecule has 0 aliphatic rings. The van der Waals surface area contributed by atoms with E-state index in [-0.39, 0.29) is 6.42 Å². The Morgan fingerprint density at radius 1 is 1.00 bits per heavy atom. The van der Waals surface area contributed by atoms with Gasteiger partial charge in [-0.25, -0.2) is 4.79 Å². The number of amides is 4. The maximum Gasteiger partial charge on any atom is 0.326 e. The SMILES string of the molecule is CC(NC(=O)C(N)Cc1c[nH]c2ccccc12)C(=O)NC(CO)C(=O)NC(CC(N)=O)C(=O)O. The molecule has 2 aromatic rings. The summed E-state index contributed by atoms with van der Waals surface area (Å²) in [7, 11) is 0. The second-order valence-electron chi connectivity index (χ2n) is 7.71. The van der Waals surface area contributed by atoms with Crippen molar-refractivity contribution in [3.05, 3.63) is 36.0 Å². The summed E-state index contributed by atoms with van der Waals surface area (Å²) in [4.78, 5) is 62.3. The van der Waals surface area contributed by atoms with Gasteiger partial charge in [0.25, 0.3) is 0 Å². The number of carboxylic acid groups (broad SMARTS) is 1. The van der Waals surface area contributed by atoms with Crippen molar-refractivity contribution in [1.29, 1.82) is 0 Å². The Kier molecular flexibility index (Phi) is 9.10. The van der Waals surface area contributed by atoms with Gasteiger partial charge in [0.2, 0.25) is 23.6 Å². The molecule has 10 N–H and O–H groups in total. The van der Waals surface area contributed by atoms with Gasteiger partial charge in [-0.3, -0.25) is 19.2 Å². The van der Waals surface area contributed by atoms with Crippen LogP contribution in [0.4, 0.5) is 0 Å². The Morgan fingerprint density at radius 2 is 1.65 bits per heavy atom. The van der Waals surface area contributed by atoms with Crippen molar-refractivity contribution in [3.63, 3.8) is 0 Å². The van der Waals surface area contributed by atoms with Crippen LogP contribution >= 0.6 is 0 Å². The molecular formula is C21H28N6O7. The van der Waals surface area contributed by atoms with Crippen LogP contribution in [0, 0.1) is 0 Å². The van der Waals surface area contributed by atoms with E-state index in [0.717, 1.165) is 16.5 Å². The van der Waals surface area contributed by atoms with Gasteiger partial charge in [-0.05, 0) is 25.0 Å². The third-order valence-corrected chi connectivity index (χ3v) is 5.04. The molecule has 0 saturated carbocycles. The number of aromatic amines is 1. The van der Waals surface area contributed by atoms with E-state index < -0.39 is 66.8 Å². The lowest BCUT2D eigenvalue weighted by Gasteiger charge is -2.22. The van der Waals surface area contributed by atoms with Crippen molar-refractivity contribution in [3.8, 4) is 0 Å². The Hall–Kier alpha value is -3.97. The number of hydrogen-bond donors (Lipinski definition) is 8. The van der Waals surface area contributed by atoms with Crippen molar-refractivity contribution in [2.45, 2.75) is 43.9 Å².